The largest absolute Gasteiger partial charge is 0.372 e. The van der Waals surface area contributed by atoms with Crippen LogP contribution in [0.4, 0.5) is 5.69 Å². The third-order valence-electron chi connectivity index (χ3n) is 6.84. The maximum absolute atomic E-state index is 13.6. The summed E-state index contributed by atoms with van der Waals surface area (Å²) in [6.07, 6.45) is 4.56. The number of hydrogen-bond donors (Lipinski definition) is 2. The van der Waals surface area contributed by atoms with Gasteiger partial charge in [0.05, 0.1) is 35.1 Å². The van der Waals surface area contributed by atoms with Crippen LogP contribution in [0, 0.1) is 0 Å². The molecule has 4 heterocycles. The second kappa shape index (κ2) is 8.82. The van der Waals surface area contributed by atoms with Crippen LogP contribution < -0.4 is 5.32 Å². The molecule has 2 N–H and O–H groups in total. The molecular formula is C27H27ClN4O2S. The molecule has 8 heteroatoms. The maximum Gasteiger partial charge on any atom is 0.244 e. The minimum atomic E-state index is -0.382. The van der Waals surface area contributed by atoms with Crippen LogP contribution in [-0.4, -0.2) is 57.4 Å². The van der Waals surface area contributed by atoms with E-state index in [1.807, 2.05) is 23.9 Å². The van der Waals surface area contributed by atoms with E-state index < -0.39 is 0 Å². The van der Waals surface area contributed by atoms with Crippen molar-refractivity contribution in [3.05, 3.63) is 65.4 Å². The van der Waals surface area contributed by atoms with Gasteiger partial charge in [0.2, 0.25) is 5.91 Å². The number of amides is 1. The average Bonchev–Trinajstić information content (AvgIpc) is 3.39. The molecule has 4 aromatic rings. The van der Waals surface area contributed by atoms with Gasteiger partial charge in [0, 0.05) is 45.2 Å². The Balaban J connectivity index is 1.26. The first-order chi connectivity index (χ1) is 16.9. The molecule has 1 fully saturated rings. The number of rotatable bonds is 4. The van der Waals surface area contributed by atoms with E-state index in [0.29, 0.717) is 29.1 Å². The lowest BCUT2D eigenvalue weighted by Gasteiger charge is -2.43. The van der Waals surface area contributed by atoms with Gasteiger partial charge in [-0.1, -0.05) is 29.8 Å². The summed E-state index contributed by atoms with van der Waals surface area (Å²) >= 11 is 8.37. The fourth-order valence-corrected chi connectivity index (χ4v) is 6.80. The topological polar surface area (TPSA) is 70.2 Å². The molecule has 0 bridgehead atoms. The van der Waals surface area contributed by atoms with Gasteiger partial charge in [-0.15, -0.1) is 11.8 Å². The highest BCUT2D eigenvalue weighted by molar-refractivity contribution is 8.00. The number of benzene rings is 2. The second-order valence-corrected chi connectivity index (χ2v) is 11.8. The second-order valence-electron chi connectivity index (χ2n) is 9.98. The number of halogens is 1. The Kier molecular flexibility index (Phi) is 5.76. The number of aromatic nitrogens is 2. The van der Waals surface area contributed by atoms with Crippen LogP contribution >= 0.6 is 23.4 Å². The minimum Gasteiger partial charge on any atom is -0.372 e. The molecule has 180 valence electrons. The minimum absolute atomic E-state index is 0.0821. The van der Waals surface area contributed by atoms with Gasteiger partial charge in [0.25, 0.3) is 0 Å². The normalized spacial score (nSPS) is 21.9. The van der Waals surface area contributed by atoms with Gasteiger partial charge in [-0.3, -0.25) is 14.7 Å². The van der Waals surface area contributed by atoms with E-state index in [1.54, 1.807) is 18.5 Å². The number of nitrogens with one attached hydrogen (secondary N) is 2. The van der Waals surface area contributed by atoms with E-state index in [2.05, 4.69) is 58.3 Å². The molecule has 0 radical (unpaired) electrons. The first-order valence-electron chi connectivity index (χ1n) is 11.8. The molecule has 0 saturated carbocycles. The summed E-state index contributed by atoms with van der Waals surface area (Å²) in [5.41, 5.74) is 3.51. The van der Waals surface area contributed by atoms with Crippen LogP contribution in [0.1, 0.15) is 19.4 Å². The van der Waals surface area contributed by atoms with Crippen molar-refractivity contribution in [1.82, 2.24) is 14.9 Å². The zero-order chi connectivity index (χ0) is 24.2. The summed E-state index contributed by atoms with van der Waals surface area (Å²) in [5, 5.41) is 6.12. The van der Waals surface area contributed by atoms with Crippen LogP contribution in [0.5, 0.6) is 0 Å². The first-order valence-corrected chi connectivity index (χ1v) is 13.1. The van der Waals surface area contributed by atoms with Gasteiger partial charge in [0.1, 0.15) is 6.04 Å². The van der Waals surface area contributed by atoms with Crippen molar-refractivity contribution < 1.29 is 9.53 Å². The Bertz CT molecular complexity index is 1410. The Morgan fingerprint density at radius 1 is 1.29 bits per heavy atom. The van der Waals surface area contributed by atoms with Crippen molar-refractivity contribution in [2.75, 3.05) is 25.0 Å². The summed E-state index contributed by atoms with van der Waals surface area (Å²) in [5.74, 6) is -0.0821. The predicted octanol–water partition coefficient (Wildman–Crippen LogP) is 5.50. The number of pyridine rings is 1. The molecule has 1 amide bonds. The molecule has 2 atom stereocenters. The van der Waals surface area contributed by atoms with Crippen molar-refractivity contribution in [1.29, 1.82) is 0 Å². The number of anilines is 1. The lowest BCUT2D eigenvalue weighted by atomic mass is 10.0. The van der Waals surface area contributed by atoms with Crippen molar-refractivity contribution >= 4 is 56.8 Å². The fraction of sp³-hybridized carbons (Fsp3) is 0.333. The number of thioether (sulfide) groups is 1. The quantitative estimate of drug-likeness (QED) is 0.382. The number of ether oxygens (including phenoxy) is 1. The van der Waals surface area contributed by atoms with Gasteiger partial charge < -0.3 is 15.0 Å². The Labute approximate surface area is 213 Å². The van der Waals surface area contributed by atoms with E-state index in [9.17, 15) is 4.79 Å². The lowest BCUT2D eigenvalue weighted by molar-refractivity contribution is -0.143. The predicted molar refractivity (Wildman–Crippen MR) is 142 cm³/mol. The summed E-state index contributed by atoms with van der Waals surface area (Å²) in [4.78, 5) is 24.9. The average molecular weight is 507 g/mol. The van der Waals surface area contributed by atoms with Gasteiger partial charge in [-0.2, -0.15) is 0 Å². The monoisotopic (exact) mass is 506 g/mol. The molecule has 0 aliphatic carbocycles. The highest BCUT2D eigenvalue weighted by atomic mass is 35.5. The van der Waals surface area contributed by atoms with Crippen LogP contribution in [0.3, 0.4) is 0 Å². The van der Waals surface area contributed by atoms with Gasteiger partial charge >= 0.3 is 0 Å². The molecule has 0 spiro atoms. The standard InChI is InChI=1S/C27H27ClN4O2S/c1-27(2)15-32(13-18-9-16-5-3-4-6-24(16)35-18)23(14-34-27)26(33)31-21-11-17(28)10-20-19-7-8-29-12-22(19)30-25(20)21/h3-8,10-12,18,23,30H,9,13-15H2,1-2H3,(H,31,33)/t18?,23-/m0/s1. The van der Waals surface area contributed by atoms with E-state index in [1.165, 1.54) is 10.5 Å². The molecule has 35 heavy (non-hydrogen) atoms. The van der Waals surface area contributed by atoms with Gasteiger partial charge in [0.15, 0.2) is 0 Å². The highest BCUT2D eigenvalue weighted by Gasteiger charge is 2.39. The molecule has 6 nitrogen and oxygen atoms in total. The zero-order valence-corrected chi connectivity index (χ0v) is 21.2. The summed E-state index contributed by atoms with van der Waals surface area (Å²) in [7, 11) is 0. The number of nitrogens with zero attached hydrogens (tertiary/aromatic N) is 2. The number of H-pyrrole nitrogens is 1. The van der Waals surface area contributed by atoms with Crippen LogP contribution in [0.25, 0.3) is 21.8 Å². The zero-order valence-electron chi connectivity index (χ0n) is 19.7. The number of aromatic amines is 1. The van der Waals surface area contributed by atoms with Crippen LogP contribution in [-0.2, 0) is 16.0 Å². The van der Waals surface area contributed by atoms with E-state index in [0.717, 1.165) is 34.8 Å². The van der Waals surface area contributed by atoms with Crippen molar-refractivity contribution in [3.63, 3.8) is 0 Å². The Morgan fingerprint density at radius 3 is 3.00 bits per heavy atom. The Morgan fingerprint density at radius 2 is 2.14 bits per heavy atom. The smallest absolute Gasteiger partial charge is 0.244 e. The van der Waals surface area contributed by atoms with Gasteiger partial charge in [-0.05, 0) is 50.1 Å². The van der Waals surface area contributed by atoms with Crippen molar-refractivity contribution in [3.8, 4) is 0 Å². The van der Waals surface area contributed by atoms with Crippen molar-refractivity contribution in [2.45, 2.75) is 42.1 Å². The first kappa shape index (κ1) is 22.9. The van der Waals surface area contributed by atoms with E-state index in [4.69, 9.17) is 16.3 Å². The molecule has 2 aliphatic rings. The number of carbonyl (C=O) groups is 1. The van der Waals surface area contributed by atoms with Crippen LogP contribution in [0.15, 0.2) is 59.8 Å². The molecule has 1 saturated heterocycles. The molecule has 6 rings (SSSR count). The van der Waals surface area contributed by atoms with Crippen molar-refractivity contribution in [2.24, 2.45) is 0 Å². The lowest BCUT2D eigenvalue weighted by Crippen LogP contribution is -2.59. The molecule has 1 unspecified atom stereocenters. The highest BCUT2D eigenvalue weighted by Crippen LogP contribution is 2.38. The number of carbonyl (C=O) groups excluding carboxylic acids is 1. The molecule has 2 aromatic heterocycles. The SMILES string of the molecule is CC1(C)CN(CC2Cc3ccccc3S2)[C@H](C(=O)Nc2cc(Cl)cc3c2[nH]c2cnccc23)CO1. The maximum atomic E-state index is 13.6. The van der Waals surface area contributed by atoms with E-state index >= 15 is 0 Å². The fourth-order valence-electron chi connectivity index (χ4n) is 5.24. The number of hydrogen-bond acceptors (Lipinski definition) is 5. The summed E-state index contributed by atoms with van der Waals surface area (Å²) in [6.45, 7) is 6.05. The summed E-state index contributed by atoms with van der Waals surface area (Å²) in [6, 6.07) is 13.9. The van der Waals surface area contributed by atoms with Gasteiger partial charge in [-0.25, -0.2) is 0 Å². The van der Waals surface area contributed by atoms with E-state index in [-0.39, 0.29) is 17.6 Å². The number of fused-ring (bicyclic) bond motifs is 4. The third kappa shape index (κ3) is 4.42. The Hall–Kier alpha value is -2.58. The molecule has 2 aromatic carbocycles. The van der Waals surface area contributed by atoms with Crippen LogP contribution in [0.2, 0.25) is 5.02 Å². The molecule has 2 aliphatic heterocycles. The number of morpholine rings is 1. The third-order valence-corrected chi connectivity index (χ3v) is 8.36. The summed E-state index contributed by atoms with van der Waals surface area (Å²) < 4.78 is 6.10. The molecular weight excluding hydrogens is 480 g/mol.